The van der Waals surface area contributed by atoms with E-state index in [1.807, 2.05) is 12.4 Å². The number of hydrogen-bond donors (Lipinski definition) is 1. The van der Waals surface area contributed by atoms with Crippen molar-refractivity contribution in [3.8, 4) is 0 Å². The lowest BCUT2D eigenvalue weighted by molar-refractivity contribution is 0.153. The fraction of sp³-hybridized carbons (Fsp3) is 0.643. The molecule has 0 atom stereocenters. The summed E-state index contributed by atoms with van der Waals surface area (Å²) in [6.07, 6.45) is 7.39. The second kappa shape index (κ2) is 5.61. The Bertz CT molecular complexity index is 329. The summed E-state index contributed by atoms with van der Waals surface area (Å²) in [5, 5.41) is 3.44. The Labute approximate surface area is 104 Å². The molecule has 1 aliphatic heterocycles. The molecule has 0 bridgehead atoms. The first-order valence-electron chi connectivity index (χ1n) is 6.52. The van der Waals surface area contributed by atoms with E-state index in [0.717, 1.165) is 6.42 Å². The lowest BCUT2D eigenvalue weighted by Crippen LogP contribution is -2.50. The van der Waals surface area contributed by atoms with Crippen LogP contribution in [0.2, 0.25) is 0 Å². The van der Waals surface area contributed by atoms with Gasteiger partial charge >= 0.3 is 0 Å². The number of nitrogens with zero attached hydrogens (tertiary/aromatic N) is 2. The highest BCUT2D eigenvalue weighted by Crippen LogP contribution is 2.21. The standard InChI is InChI=1S/C14H23N3/c1-14(15-2)6-11-17(12-7-14)10-5-13-3-8-16-9-4-13/h3-4,8-9,15H,5-7,10-12H2,1-2H3. The SMILES string of the molecule is CNC1(C)CCN(CCc2ccncc2)CC1. The molecule has 2 rings (SSSR count). The van der Waals surface area contributed by atoms with Crippen LogP contribution in [0.25, 0.3) is 0 Å². The molecule has 0 aromatic carbocycles. The van der Waals surface area contributed by atoms with E-state index in [1.54, 1.807) is 0 Å². The zero-order chi connectivity index (χ0) is 12.1. The molecule has 0 unspecified atom stereocenters. The van der Waals surface area contributed by atoms with Crippen molar-refractivity contribution in [3.05, 3.63) is 30.1 Å². The summed E-state index contributed by atoms with van der Waals surface area (Å²) in [6, 6.07) is 4.23. The minimum absolute atomic E-state index is 0.354. The van der Waals surface area contributed by atoms with Crippen molar-refractivity contribution in [2.24, 2.45) is 0 Å². The molecular formula is C14H23N3. The molecule has 0 aliphatic carbocycles. The minimum atomic E-state index is 0.354. The molecule has 3 nitrogen and oxygen atoms in total. The molecule has 0 saturated carbocycles. The summed E-state index contributed by atoms with van der Waals surface area (Å²) in [4.78, 5) is 6.62. The Morgan fingerprint density at radius 1 is 1.29 bits per heavy atom. The lowest BCUT2D eigenvalue weighted by atomic mass is 9.90. The van der Waals surface area contributed by atoms with Crippen LogP contribution in [0, 0.1) is 0 Å². The largest absolute Gasteiger partial charge is 0.314 e. The first kappa shape index (κ1) is 12.5. The molecule has 0 spiro atoms. The Morgan fingerprint density at radius 3 is 2.53 bits per heavy atom. The highest BCUT2D eigenvalue weighted by Gasteiger charge is 2.27. The summed E-state index contributed by atoms with van der Waals surface area (Å²) in [5.41, 5.74) is 1.75. The van der Waals surface area contributed by atoms with Crippen LogP contribution >= 0.6 is 0 Å². The van der Waals surface area contributed by atoms with E-state index in [9.17, 15) is 0 Å². The molecule has 94 valence electrons. The zero-order valence-electron chi connectivity index (χ0n) is 10.9. The normalized spacial score (nSPS) is 20.4. The number of hydrogen-bond acceptors (Lipinski definition) is 3. The number of pyridine rings is 1. The van der Waals surface area contributed by atoms with Gasteiger partial charge in [-0.05, 0) is 64.0 Å². The fourth-order valence-electron chi connectivity index (χ4n) is 2.36. The van der Waals surface area contributed by atoms with Crippen LogP contribution in [0.5, 0.6) is 0 Å². The van der Waals surface area contributed by atoms with Gasteiger partial charge in [-0.1, -0.05) is 0 Å². The van der Waals surface area contributed by atoms with Gasteiger partial charge in [0.25, 0.3) is 0 Å². The topological polar surface area (TPSA) is 28.2 Å². The molecule has 1 aromatic rings. The molecule has 0 radical (unpaired) electrons. The molecule has 2 heterocycles. The van der Waals surface area contributed by atoms with Crippen molar-refractivity contribution in [1.82, 2.24) is 15.2 Å². The van der Waals surface area contributed by atoms with Gasteiger partial charge in [-0.25, -0.2) is 0 Å². The molecule has 3 heteroatoms. The highest BCUT2D eigenvalue weighted by atomic mass is 15.1. The van der Waals surface area contributed by atoms with E-state index in [0.29, 0.717) is 5.54 Å². The summed E-state index contributed by atoms with van der Waals surface area (Å²) < 4.78 is 0. The highest BCUT2D eigenvalue weighted by molar-refractivity contribution is 5.10. The van der Waals surface area contributed by atoms with Crippen LogP contribution in [0.1, 0.15) is 25.3 Å². The van der Waals surface area contributed by atoms with Crippen LogP contribution in [0.15, 0.2) is 24.5 Å². The van der Waals surface area contributed by atoms with Crippen molar-refractivity contribution >= 4 is 0 Å². The monoisotopic (exact) mass is 233 g/mol. The van der Waals surface area contributed by atoms with E-state index >= 15 is 0 Å². The maximum atomic E-state index is 4.05. The maximum Gasteiger partial charge on any atom is 0.0270 e. The third-order valence-electron chi connectivity index (χ3n) is 4.03. The third kappa shape index (κ3) is 3.51. The first-order valence-corrected chi connectivity index (χ1v) is 6.52. The van der Waals surface area contributed by atoms with Crippen molar-refractivity contribution in [1.29, 1.82) is 0 Å². The van der Waals surface area contributed by atoms with E-state index in [1.165, 1.54) is 38.0 Å². The van der Waals surface area contributed by atoms with Gasteiger partial charge < -0.3 is 10.2 Å². The van der Waals surface area contributed by atoms with Crippen molar-refractivity contribution in [3.63, 3.8) is 0 Å². The number of rotatable bonds is 4. The number of likely N-dealkylation sites (tertiary alicyclic amines) is 1. The van der Waals surface area contributed by atoms with Crippen LogP contribution in [0.3, 0.4) is 0 Å². The Kier molecular flexibility index (Phi) is 4.13. The van der Waals surface area contributed by atoms with Gasteiger partial charge in [0, 0.05) is 24.5 Å². The van der Waals surface area contributed by atoms with Gasteiger partial charge in [-0.2, -0.15) is 0 Å². The third-order valence-corrected chi connectivity index (χ3v) is 4.03. The molecule has 1 aliphatic rings. The predicted octanol–water partition coefficient (Wildman–Crippen LogP) is 1.70. The Hall–Kier alpha value is -0.930. The van der Waals surface area contributed by atoms with E-state index < -0.39 is 0 Å². The summed E-state index contributed by atoms with van der Waals surface area (Å²) in [7, 11) is 2.08. The van der Waals surface area contributed by atoms with Gasteiger partial charge in [0.05, 0.1) is 0 Å². The smallest absolute Gasteiger partial charge is 0.0270 e. The maximum absolute atomic E-state index is 4.05. The molecule has 0 amide bonds. The van der Waals surface area contributed by atoms with Crippen LogP contribution in [-0.2, 0) is 6.42 Å². The average Bonchev–Trinajstić information content (AvgIpc) is 2.39. The number of nitrogens with one attached hydrogen (secondary N) is 1. The molecular weight excluding hydrogens is 210 g/mol. The lowest BCUT2D eigenvalue weighted by Gasteiger charge is -2.39. The van der Waals surface area contributed by atoms with Crippen LogP contribution in [0.4, 0.5) is 0 Å². The van der Waals surface area contributed by atoms with E-state index in [2.05, 4.69) is 41.3 Å². The molecule has 17 heavy (non-hydrogen) atoms. The minimum Gasteiger partial charge on any atom is -0.314 e. The van der Waals surface area contributed by atoms with Crippen molar-refractivity contribution < 1.29 is 0 Å². The van der Waals surface area contributed by atoms with Gasteiger partial charge in [0.2, 0.25) is 0 Å². The van der Waals surface area contributed by atoms with Gasteiger partial charge in [0.1, 0.15) is 0 Å². The second-order valence-electron chi connectivity index (χ2n) is 5.26. The first-order chi connectivity index (χ1) is 8.22. The summed E-state index contributed by atoms with van der Waals surface area (Å²) in [6.45, 7) is 5.92. The quantitative estimate of drug-likeness (QED) is 0.858. The molecule has 1 N–H and O–H groups in total. The van der Waals surface area contributed by atoms with Gasteiger partial charge in [-0.3, -0.25) is 4.98 Å². The molecule has 1 saturated heterocycles. The Morgan fingerprint density at radius 2 is 1.94 bits per heavy atom. The van der Waals surface area contributed by atoms with Crippen LogP contribution < -0.4 is 5.32 Å². The van der Waals surface area contributed by atoms with Crippen molar-refractivity contribution in [2.75, 3.05) is 26.7 Å². The molecule has 1 aromatic heterocycles. The number of piperidine rings is 1. The number of aromatic nitrogens is 1. The van der Waals surface area contributed by atoms with Crippen molar-refractivity contribution in [2.45, 2.75) is 31.7 Å². The summed E-state index contributed by atoms with van der Waals surface area (Å²) in [5.74, 6) is 0. The Balaban J connectivity index is 1.75. The van der Waals surface area contributed by atoms with Crippen LogP contribution in [-0.4, -0.2) is 42.1 Å². The second-order valence-corrected chi connectivity index (χ2v) is 5.26. The van der Waals surface area contributed by atoms with E-state index in [-0.39, 0.29) is 0 Å². The van der Waals surface area contributed by atoms with Gasteiger partial charge in [0.15, 0.2) is 0 Å². The predicted molar refractivity (Wildman–Crippen MR) is 71.1 cm³/mol. The van der Waals surface area contributed by atoms with Gasteiger partial charge in [-0.15, -0.1) is 0 Å². The summed E-state index contributed by atoms with van der Waals surface area (Å²) >= 11 is 0. The zero-order valence-corrected chi connectivity index (χ0v) is 10.9. The molecule has 1 fully saturated rings. The fourth-order valence-corrected chi connectivity index (χ4v) is 2.36. The average molecular weight is 233 g/mol. The van der Waals surface area contributed by atoms with E-state index in [4.69, 9.17) is 0 Å².